The molecule has 0 amide bonds. The average molecular weight is 367 g/mol. The van der Waals surface area contributed by atoms with E-state index in [0.717, 1.165) is 5.56 Å². The molecule has 2 unspecified atom stereocenters. The number of rotatable bonds is 3. The van der Waals surface area contributed by atoms with Gasteiger partial charge >= 0.3 is 0 Å². The summed E-state index contributed by atoms with van der Waals surface area (Å²) in [6.07, 6.45) is 6.21. The molecule has 0 saturated carbocycles. The summed E-state index contributed by atoms with van der Waals surface area (Å²) in [5.41, 5.74) is 8.04. The van der Waals surface area contributed by atoms with E-state index in [-0.39, 0.29) is 0 Å². The molecule has 0 N–H and O–H groups in total. The molecule has 2 heteroatoms. The van der Waals surface area contributed by atoms with E-state index in [1.165, 1.54) is 10.4 Å². The Kier molecular flexibility index (Phi) is 5.28. The van der Waals surface area contributed by atoms with E-state index in [2.05, 4.69) is 96.8 Å². The first-order valence-corrected chi connectivity index (χ1v) is 14.8. The van der Waals surface area contributed by atoms with Gasteiger partial charge in [0.1, 0.15) is 0 Å². The summed E-state index contributed by atoms with van der Waals surface area (Å²) in [5.74, 6) is 3.44. The summed E-state index contributed by atoms with van der Waals surface area (Å²) in [4.78, 5) is 0. The number of terminal acetylenes is 1. The van der Waals surface area contributed by atoms with Crippen LogP contribution in [0.4, 0.5) is 0 Å². The van der Waals surface area contributed by atoms with Crippen molar-refractivity contribution in [3.8, 4) is 23.4 Å². The maximum absolute atomic E-state index is 6.21. The fourth-order valence-corrected chi connectivity index (χ4v) is 13.6. The Bertz CT molecular complexity index is 963. The molecule has 0 aliphatic rings. The second-order valence-electron chi connectivity index (χ2n) is 6.74. The first-order chi connectivity index (χ1) is 12.6. The second-order valence-corrected chi connectivity index (χ2v) is 18.9. The molecular formula is C24H22Si2. The first-order valence-electron chi connectivity index (χ1n) is 8.77. The monoisotopic (exact) mass is 366 g/mol. The molecule has 0 nitrogen and oxygen atoms in total. The van der Waals surface area contributed by atoms with Crippen LogP contribution in [0.2, 0.25) is 13.1 Å². The largest absolute Gasteiger partial charge is 0.176 e. The molecule has 0 aromatic heterocycles. The van der Waals surface area contributed by atoms with E-state index in [4.69, 9.17) is 6.42 Å². The zero-order valence-corrected chi connectivity index (χ0v) is 17.2. The van der Waals surface area contributed by atoms with Gasteiger partial charge in [-0.15, -0.1) is 17.5 Å². The van der Waals surface area contributed by atoms with Crippen LogP contribution in [0.1, 0.15) is 5.56 Å². The highest BCUT2D eigenvalue weighted by Crippen LogP contribution is 2.19. The van der Waals surface area contributed by atoms with Gasteiger partial charge in [0.2, 0.25) is 0 Å². The van der Waals surface area contributed by atoms with E-state index in [1.807, 2.05) is 24.3 Å². The highest BCUT2D eigenvalue weighted by Gasteiger charge is 2.50. The van der Waals surface area contributed by atoms with Crippen LogP contribution in [0, 0.1) is 23.4 Å². The van der Waals surface area contributed by atoms with Crippen LogP contribution in [0.25, 0.3) is 0 Å². The fourth-order valence-electron chi connectivity index (χ4n) is 3.26. The van der Waals surface area contributed by atoms with Crippen LogP contribution in [-0.2, 0) is 0 Å². The van der Waals surface area contributed by atoms with Crippen molar-refractivity contribution >= 4 is 25.6 Å². The molecule has 2 atom stereocenters. The van der Waals surface area contributed by atoms with Crippen LogP contribution < -0.4 is 10.4 Å². The molecule has 0 spiro atoms. The van der Waals surface area contributed by atoms with Gasteiger partial charge in [0, 0.05) is 5.56 Å². The van der Waals surface area contributed by atoms with Gasteiger partial charge in [0.15, 0.2) is 15.2 Å². The summed E-state index contributed by atoms with van der Waals surface area (Å²) in [6.45, 7) is 4.65. The third-order valence-electron chi connectivity index (χ3n) is 5.22. The third kappa shape index (κ3) is 3.30. The Balaban J connectivity index is 2.22. The van der Waals surface area contributed by atoms with Crippen LogP contribution >= 0.6 is 0 Å². The van der Waals surface area contributed by atoms with Crippen LogP contribution in [0.15, 0.2) is 91.0 Å². The molecule has 0 aliphatic carbocycles. The third-order valence-corrected chi connectivity index (χ3v) is 19.9. The normalized spacial score (nSPS) is 14.8. The van der Waals surface area contributed by atoms with E-state index in [1.54, 1.807) is 0 Å². The lowest BCUT2D eigenvalue weighted by atomic mass is 10.2. The summed E-state index contributed by atoms with van der Waals surface area (Å²) in [7, 11) is -4.52. The predicted octanol–water partition coefficient (Wildman–Crippen LogP) is 3.80. The Morgan fingerprint density at radius 3 is 1.50 bits per heavy atom. The summed E-state index contributed by atoms with van der Waals surface area (Å²) < 4.78 is 0. The van der Waals surface area contributed by atoms with Crippen molar-refractivity contribution in [2.24, 2.45) is 0 Å². The fraction of sp³-hybridized carbons (Fsp3) is 0.0833. The van der Waals surface area contributed by atoms with Crippen molar-refractivity contribution in [3.63, 3.8) is 0 Å². The molecular weight excluding hydrogens is 344 g/mol. The standard InChI is InChI=1S/C24H22Si2/c1-4-25(2,23-16-10-6-11-17-23)26(3,24-18-12-7-13-19-24)21-20-22-14-8-5-9-15-22/h1,5-19H,2-3H3. The lowest BCUT2D eigenvalue weighted by molar-refractivity contribution is 1.65. The summed E-state index contributed by atoms with van der Waals surface area (Å²) in [5, 5.41) is 2.61. The Morgan fingerprint density at radius 2 is 1.04 bits per heavy atom. The van der Waals surface area contributed by atoms with Crippen molar-refractivity contribution in [1.29, 1.82) is 0 Å². The van der Waals surface area contributed by atoms with Gasteiger partial charge in [-0.1, -0.05) is 97.9 Å². The van der Waals surface area contributed by atoms with Gasteiger partial charge in [-0.25, -0.2) is 0 Å². The number of hydrogen-bond donors (Lipinski definition) is 0. The van der Waals surface area contributed by atoms with Gasteiger partial charge in [-0.05, 0) is 22.5 Å². The molecule has 0 radical (unpaired) electrons. The lowest BCUT2D eigenvalue weighted by Crippen LogP contribution is -2.71. The van der Waals surface area contributed by atoms with Crippen molar-refractivity contribution in [2.45, 2.75) is 13.1 Å². The molecule has 26 heavy (non-hydrogen) atoms. The van der Waals surface area contributed by atoms with Gasteiger partial charge < -0.3 is 0 Å². The van der Waals surface area contributed by atoms with Gasteiger partial charge in [0.05, 0.1) is 0 Å². The quantitative estimate of drug-likeness (QED) is 0.489. The minimum Gasteiger partial charge on any atom is -0.131 e. The van der Waals surface area contributed by atoms with Crippen molar-refractivity contribution < 1.29 is 0 Å². The highest BCUT2D eigenvalue weighted by atomic mass is 29.3. The lowest BCUT2D eigenvalue weighted by Gasteiger charge is -2.36. The van der Waals surface area contributed by atoms with E-state index >= 15 is 0 Å². The predicted molar refractivity (Wildman–Crippen MR) is 118 cm³/mol. The first kappa shape index (κ1) is 18.0. The molecule has 3 aromatic rings. The van der Waals surface area contributed by atoms with Gasteiger partial charge in [-0.2, -0.15) is 0 Å². The van der Waals surface area contributed by atoms with E-state index < -0.39 is 15.2 Å². The smallest absolute Gasteiger partial charge is 0.131 e. The van der Waals surface area contributed by atoms with E-state index in [0.29, 0.717) is 0 Å². The molecule has 126 valence electrons. The minimum absolute atomic E-state index is 1.04. The minimum atomic E-state index is -2.26. The van der Waals surface area contributed by atoms with Crippen molar-refractivity contribution in [3.05, 3.63) is 96.6 Å². The van der Waals surface area contributed by atoms with Gasteiger partial charge in [0.25, 0.3) is 0 Å². The number of hydrogen-bond acceptors (Lipinski definition) is 0. The van der Waals surface area contributed by atoms with Crippen molar-refractivity contribution in [1.82, 2.24) is 0 Å². The summed E-state index contributed by atoms with van der Waals surface area (Å²) >= 11 is 0. The maximum atomic E-state index is 6.21. The average Bonchev–Trinajstić information content (AvgIpc) is 2.73. The zero-order chi connectivity index (χ0) is 18.5. The SMILES string of the molecule is C#C[Si](C)(c1ccccc1)[Si](C)(C#Cc1ccccc1)c1ccccc1. The molecule has 0 saturated heterocycles. The molecule has 3 rings (SSSR count). The second kappa shape index (κ2) is 7.62. The van der Waals surface area contributed by atoms with Crippen LogP contribution in [-0.4, -0.2) is 15.2 Å². The zero-order valence-electron chi connectivity index (χ0n) is 15.2. The molecule has 0 aliphatic heterocycles. The van der Waals surface area contributed by atoms with Crippen LogP contribution in [0.5, 0.6) is 0 Å². The van der Waals surface area contributed by atoms with Gasteiger partial charge in [-0.3, -0.25) is 0 Å². The highest BCUT2D eigenvalue weighted by molar-refractivity contribution is 7.56. The van der Waals surface area contributed by atoms with E-state index in [9.17, 15) is 0 Å². The molecule has 3 aromatic carbocycles. The molecule has 0 heterocycles. The Labute approximate surface area is 158 Å². The number of benzene rings is 3. The molecule has 0 bridgehead atoms. The maximum Gasteiger partial charge on any atom is 0.176 e. The Morgan fingerprint density at radius 1 is 0.615 bits per heavy atom. The summed E-state index contributed by atoms with van der Waals surface area (Å²) in [6, 6.07) is 31.4. The van der Waals surface area contributed by atoms with Crippen LogP contribution in [0.3, 0.4) is 0 Å². The molecule has 0 fully saturated rings. The Hall–Kier alpha value is -2.79. The topological polar surface area (TPSA) is 0 Å². The van der Waals surface area contributed by atoms with Crippen molar-refractivity contribution in [2.75, 3.05) is 0 Å².